The van der Waals surface area contributed by atoms with Crippen LogP contribution in [0.3, 0.4) is 0 Å². The third kappa shape index (κ3) is 3.56. The number of nitrogens with zero attached hydrogens (tertiary/aromatic N) is 2. The van der Waals surface area contributed by atoms with Crippen LogP contribution >= 0.6 is 15.9 Å². The zero-order chi connectivity index (χ0) is 15.4. The Morgan fingerprint density at radius 1 is 1.38 bits per heavy atom. The van der Waals surface area contributed by atoms with Crippen LogP contribution in [0.2, 0.25) is 0 Å². The number of nitro groups is 1. The molecule has 1 aromatic heterocycles. The number of rotatable bonds is 5. The number of halogens is 1. The topological polar surface area (TPSA) is 77.3 Å². The van der Waals surface area contributed by atoms with Crippen LogP contribution in [0.25, 0.3) is 0 Å². The Hall–Kier alpha value is -1.99. The fourth-order valence-corrected chi connectivity index (χ4v) is 2.19. The molecule has 1 heterocycles. The van der Waals surface area contributed by atoms with E-state index >= 15 is 0 Å². The average Bonchev–Trinajstić information content (AvgIpc) is 2.49. The van der Waals surface area contributed by atoms with E-state index < -0.39 is 4.92 Å². The van der Waals surface area contributed by atoms with Crippen molar-refractivity contribution in [1.29, 1.82) is 0 Å². The molecule has 110 valence electrons. The minimum absolute atomic E-state index is 0.0408. The summed E-state index contributed by atoms with van der Waals surface area (Å²) in [6.07, 6.45) is 1.59. The van der Waals surface area contributed by atoms with Gasteiger partial charge >= 0.3 is 0 Å². The predicted octanol–water partition coefficient (Wildman–Crippen LogP) is 3.83. The van der Waals surface area contributed by atoms with E-state index in [0.717, 1.165) is 5.69 Å². The van der Waals surface area contributed by atoms with Gasteiger partial charge < -0.3 is 10.1 Å². The molecule has 0 aliphatic carbocycles. The fraction of sp³-hybridized carbons (Fsp3) is 0.214. The summed E-state index contributed by atoms with van der Waals surface area (Å²) in [4.78, 5) is 14.7. The zero-order valence-electron chi connectivity index (χ0n) is 11.5. The lowest BCUT2D eigenvalue weighted by Crippen LogP contribution is -2.13. The Morgan fingerprint density at radius 2 is 2.14 bits per heavy atom. The molecule has 0 aliphatic heterocycles. The van der Waals surface area contributed by atoms with E-state index in [1.165, 1.54) is 6.07 Å². The summed E-state index contributed by atoms with van der Waals surface area (Å²) < 4.78 is 5.94. The molecule has 0 radical (unpaired) electrons. The molecule has 0 fully saturated rings. The molecule has 0 aliphatic rings. The van der Waals surface area contributed by atoms with Crippen molar-refractivity contribution in [2.75, 3.05) is 7.05 Å². The lowest BCUT2D eigenvalue weighted by molar-refractivity contribution is -0.385. The maximum Gasteiger partial charge on any atom is 0.287 e. The monoisotopic (exact) mass is 351 g/mol. The fourth-order valence-electron chi connectivity index (χ4n) is 1.70. The molecule has 0 saturated heterocycles. The molecular formula is C14H14BrN3O3. The van der Waals surface area contributed by atoms with Crippen LogP contribution in [0.5, 0.6) is 11.5 Å². The standard InChI is InChI=1S/C14H14BrN3O3/c1-9(16-2)11-7-6-10(8-17-11)21-13-5-3-4-12(14(13)15)18(19)20/h3-9,16H,1-2H3. The first-order valence-electron chi connectivity index (χ1n) is 6.27. The molecule has 1 unspecified atom stereocenters. The largest absolute Gasteiger partial charge is 0.454 e. The van der Waals surface area contributed by atoms with Crippen LogP contribution < -0.4 is 10.1 Å². The van der Waals surface area contributed by atoms with Gasteiger partial charge in [0.2, 0.25) is 0 Å². The van der Waals surface area contributed by atoms with Gasteiger partial charge in [0.25, 0.3) is 5.69 Å². The number of hydrogen-bond donors (Lipinski definition) is 1. The van der Waals surface area contributed by atoms with Gasteiger partial charge in [0.15, 0.2) is 0 Å². The summed E-state index contributed by atoms with van der Waals surface area (Å²) >= 11 is 3.19. The van der Waals surface area contributed by atoms with Crippen molar-refractivity contribution < 1.29 is 9.66 Å². The highest BCUT2D eigenvalue weighted by molar-refractivity contribution is 9.10. The van der Waals surface area contributed by atoms with Crippen molar-refractivity contribution in [2.45, 2.75) is 13.0 Å². The van der Waals surface area contributed by atoms with Crippen LogP contribution in [-0.2, 0) is 0 Å². The third-order valence-corrected chi connectivity index (χ3v) is 3.80. The Kier molecular flexibility index (Phi) is 4.87. The van der Waals surface area contributed by atoms with Crippen molar-refractivity contribution >= 4 is 21.6 Å². The zero-order valence-corrected chi connectivity index (χ0v) is 13.1. The van der Waals surface area contributed by atoms with Gasteiger partial charge in [0, 0.05) is 12.1 Å². The first-order chi connectivity index (χ1) is 10.0. The molecule has 0 saturated carbocycles. The van der Waals surface area contributed by atoms with Crippen LogP contribution in [0.1, 0.15) is 18.7 Å². The van der Waals surface area contributed by atoms with Gasteiger partial charge in [-0.3, -0.25) is 15.1 Å². The number of pyridine rings is 1. The van der Waals surface area contributed by atoms with Gasteiger partial charge in [-0.15, -0.1) is 0 Å². The second-order valence-corrected chi connectivity index (χ2v) is 5.17. The number of ether oxygens (including phenoxy) is 1. The van der Waals surface area contributed by atoms with E-state index in [0.29, 0.717) is 16.0 Å². The SMILES string of the molecule is CNC(C)c1ccc(Oc2cccc([N+](=O)[O-])c2Br)cn1. The molecule has 2 rings (SSSR count). The maximum atomic E-state index is 10.9. The maximum absolute atomic E-state index is 10.9. The summed E-state index contributed by atoms with van der Waals surface area (Å²) in [5.41, 5.74) is 0.851. The number of nitrogens with one attached hydrogen (secondary N) is 1. The highest BCUT2D eigenvalue weighted by atomic mass is 79.9. The van der Waals surface area contributed by atoms with Gasteiger partial charge in [-0.05, 0) is 48.1 Å². The van der Waals surface area contributed by atoms with E-state index in [4.69, 9.17) is 4.74 Å². The second kappa shape index (κ2) is 6.64. The van der Waals surface area contributed by atoms with Crippen LogP contribution in [-0.4, -0.2) is 17.0 Å². The van der Waals surface area contributed by atoms with Crippen molar-refractivity contribution in [3.8, 4) is 11.5 Å². The number of aromatic nitrogens is 1. The summed E-state index contributed by atoms with van der Waals surface area (Å²) in [5, 5.41) is 14.0. The molecule has 21 heavy (non-hydrogen) atoms. The molecule has 1 atom stereocenters. The molecule has 0 bridgehead atoms. The first-order valence-corrected chi connectivity index (χ1v) is 7.06. The van der Waals surface area contributed by atoms with Crippen LogP contribution in [0.15, 0.2) is 41.0 Å². The molecular weight excluding hydrogens is 338 g/mol. The first kappa shape index (κ1) is 15.4. The summed E-state index contributed by atoms with van der Waals surface area (Å²) in [6, 6.07) is 8.41. The Labute approximate surface area is 130 Å². The minimum atomic E-state index is -0.465. The number of hydrogen-bond acceptors (Lipinski definition) is 5. The molecule has 1 aromatic carbocycles. The lowest BCUT2D eigenvalue weighted by atomic mass is 10.2. The number of benzene rings is 1. The Morgan fingerprint density at radius 3 is 2.71 bits per heavy atom. The van der Waals surface area contributed by atoms with Gasteiger partial charge in [-0.25, -0.2) is 0 Å². The average molecular weight is 352 g/mol. The third-order valence-electron chi connectivity index (χ3n) is 3.00. The van der Waals surface area contributed by atoms with Gasteiger partial charge in [-0.1, -0.05) is 6.07 Å². The van der Waals surface area contributed by atoms with Crippen LogP contribution in [0, 0.1) is 10.1 Å². The van der Waals surface area contributed by atoms with Crippen molar-refractivity contribution in [3.05, 3.63) is 56.8 Å². The lowest BCUT2D eigenvalue weighted by Gasteiger charge is -2.11. The predicted molar refractivity (Wildman–Crippen MR) is 82.6 cm³/mol. The molecule has 0 amide bonds. The van der Waals surface area contributed by atoms with Crippen LogP contribution in [0.4, 0.5) is 5.69 Å². The highest BCUT2D eigenvalue weighted by Gasteiger charge is 2.16. The molecule has 0 spiro atoms. The summed E-state index contributed by atoms with van der Waals surface area (Å²) in [6.45, 7) is 2.00. The number of nitro benzene ring substituents is 1. The van der Waals surface area contributed by atoms with Crippen molar-refractivity contribution in [2.24, 2.45) is 0 Å². The van der Waals surface area contributed by atoms with Crippen molar-refractivity contribution in [3.63, 3.8) is 0 Å². The molecule has 6 nitrogen and oxygen atoms in total. The van der Waals surface area contributed by atoms with Crippen molar-refractivity contribution in [1.82, 2.24) is 10.3 Å². The Bertz CT molecular complexity index is 646. The Balaban J connectivity index is 2.22. The van der Waals surface area contributed by atoms with E-state index in [-0.39, 0.29) is 11.7 Å². The summed E-state index contributed by atoms with van der Waals surface area (Å²) in [5.74, 6) is 0.892. The van der Waals surface area contributed by atoms with Gasteiger partial charge in [0.1, 0.15) is 16.0 Å². The summed E-state index contributed by atoms with van der Waals surface area (Å²) in [7, 11) is 1.86. The van der Waals surface area contributed by atoms with E-state index in [1.807, 2.05) is 20.0 Å². The highest BCUT2D eigenvalue weighted by Crippen LogP contribution is 2.36. The quantitative estimate of drug-likeness (QED) is 0.654. The second-order valence-electron chi connectivity index (χ2n) is 4.38. The van der Waals surface area contributed by atoms with E-state index in [9.17, 15) is 10.1 Å². The molecule has 7 heteroatoms. The van der Waals surface area contributed by atoms with E-state index in [1.54, 1.807) is 24.4 Å². The van der Waals surface area contributed by atoms with Gasteiger partial charge in [0.05, 0.1) is 16.8 Å². The molecule has 1 N–H and O–H groups in total. The minimum Gasteiger partial charge on any atom is -0.454 e. The molecule has 2 aromatic rings. The normalized spacial score (nSPS) is 12.0. The smallest absolute Gasteiger partial charge is 0.287 e. The van der Waals surface area contributed by atoms with Gasteiger partial charge in [-0.2, -0.15) is 0 Å². The van der Waals surface area contributed by atoms with E-state index in [2.05, 4.69) is 26.2 Å².